The number of ether oxygens (including phenoxy) is 5. The topological polar surface area (TPSA) is 221 Å². The van der Waals surface area contributed by atoms with Crippen molar-refractivity contribution >= 4 is 83.7 Å². The molecule has 1 unspecified atom stereocenters. The number of para-hydroxylation sites is 2. The number of hydrogen-bond acceptors (Lipinski definition) is 22. The van der Waals surface area contributed by atoms with E-state index in [0.29, 0.717) is 72.7 Å². The molecule has 0 aliphatic rings. The predicted molar refractivity (Wildman–Crippen MR) is 413 cm³/mol. The van der Waals surface area contributed by atoms with Crippen LogP contribution < -0.4 is 34.0 Å². The summed E-state index contributed by atoms with van der Waals surface area (Å²) in [5.74, 6) is 1.36. The van der Waals surface area contributed by atoms with Crippen LogP contribution in [0.4, 0.5) is 10.3 Å². The molecule has 0 aliphatic heterocycles. The van der Waals surface area contributed by atoms with E-state index in [1.54, 1.807) is 90.6 Å². The third kappa shape index (κ3) is 27.8. The van der Waals surface area contributed by atoms with Gasteiger partial charge in [-0.05, 0) is 186 Å². The van der Waals surface area contributed by atoms with E-state index in [1.807, 2.05) is 114 Å². The molecule has 550 valence electrons. The summed E-state index contributed by atoms with van der Waals surface area (Å²) >= 11 is 3.19. The summed E-state index contributed by atoms with van der Waals surface area (Å²) in [6.45, 7) is 18.8. The molecule has 9 rings (SSSR count). The number of hydrazone groups is 2. The maximum atomic E-state index is 13.4. The number of aryl methyl sites for hydroxylation is 1. The molecule has 1 N–H and O–H groups in total. The van der Waals surface area contributed by atoms with Gasteiger partial charge in [-0.15, -0.1) is 0 Å². The first-order chi connectivity index (χ1) is 50.9. The number of fused-ring (bicyclic) bond motifs is 2. The first-order valence-corrected chi connectivity index (χ1v) is 37.4. The number of aromatic nitrogens is 2. The van der Waals surface area contributed by atoms with Crippen LogP contribution in [0.2, 0.25) is 0 Å². The Morgan fingerprint density at radius 1 is 0.519 bits per heavy atom. The van der Waals surface area contributed by atoms with Crippen molar-refractivity contribution in [1.82, 2.24) is 9.97 Å². The zero-order valence-corrected chi connectivity index (χ0v) is 61.7. The van der Waals surface area contributed by atoms with Gasteiger partial charge in [0.1, 0.15) is 36.6 Å². The number of rotatable bonds is 46. The van der Waals surface area contributed by atoms with E-state index >= 15 is 0 Å². The van der Waals surface area contributed by atoms with Crippen molar-refractivity contribution in [2.75, 3.05) is 49.5 Å². The highest BCUT2D eigenvalue weighted by Crippen LogP contribution is 2.33. The van der Waals surface area contributed by atoms with E-state index in [0.717, 1.165) is 156 Å². The standard InChI is InChI=1S/C44H49N3O7S.C38H47N3O7S/c1-4-6-7-12-27-47(44-46-39-15-10-11-16-41(39)55-44)45-31-36-30-38(54-52-32-34-19-17-33(3)18-20-34)25-26-40(36)53-43(49)35-21-23-37(24-22-35)50-28-13-8-9-14-29-51-42(48)5-2;1-4-6-7-12-23-41(38-40-34-15-10-11-16-36(34)49-38)39-27-32-26-31(29(3)47-43)19-22-35(32)48-46-28-30-17-20-33(21-18-30)44-24-13-8-9-14-25-45-37(42)5-2/h5,10-11,15-26,30-31H,2,4,6-9,12-14,27-29,32H2,1,3H3;5,10-11,15-22,26-27,29,43H,2,4,6-9,12-14,23-25,28H2,1,3H3/b45-31+;39-27+. The largest absolute Gasteiger partial charge is 0.494 e. The molecule has 7 aromatic carbocycles. The lowest BCUT2D eigenvalue weighted by Crippen LogP contribution is -2.18. The summed E-state index contributed by atoms with van der Waals surface area (Å²) in [5, 5.41) is 24.5. The van der Waals surface area contributed by atoms with Crippen LogP contribution in [0.25, 0.3) is 20.4 Å². The Balaban J connectivity index is 0.000000265. The maximum absolute atomic E-state index is 13.4. The lowest BCUT2D eigenvalue weighted by Gasteiger charge is -2.16. The van der Waals surface area contributed by atoms with Gasteiger partial charge in [0.05, 0.1) is 64.9 Å². The molecule has 0 fully saturated rings. The molecule has 0 spiro atoms. The normalized spacial score (nSPS) is 11.5. The number of nitrogens with zero attached hydrogens (tertiary/aromatic N) is 6. The summed E-state index contributed by atoms with van der Waals surface area (Å²) < 4.78 is 29.8. The summed E-state index contributed by atoms with van der Waals surface area (Å²) in [7, 11) is 0. The zero-order valence-electron chi connectivity index (χ0n) is 60.0. The highest BCUT2D eigenvalue weighted by Gasteiger charge is 2.18. The number of hydrogen-bond donors (Lipinski definition) is 1. The van der Waals surface area contributed by atoms with Crippen LogP contribution in [0.15, 0.2) is 193 Å². The molecule has 0 saturated carbocycles. The van der Waals surface area contributed by atoms with Crippen LogP contribution in [0.3, 0.4) is 0 Å². The van der Waals surface area contributed by atoms with E-state index in [2.05, 4.69) is 44.0 Å². The lowest BCUT2D eigenvalue weighted by atomic mass is 10.1. The molecule has 104 heavy (non-hydrogen) atoms. The van der Waals surface area contributed by atoms with E-state index in [1.165, 1.54) is 24.1 Å². The maximum Gasteiger partial charge on any atom is 0.343 e. The second kappa shape index (κ2) is 45.3. The molecule has 1 atom stereocenters. The SMILES string of the molecule is C=CC(=O)OCCCCCCOc1ccc(C(=O)Oc2ccc(OOCc3ccc(C)cc3)cc2/C=N/N(CCCCCC)c2nc3ccccc3s2)cc1.C=CC(=O)OCCCCCCOc1ccc(COOc2ccc(C(C)OO)cc2/C=N/N(CCCCCC)c2nc3ccccc3s2)cc1. The van der Waals surface area contributed by atoms with Crippen molar-refractivity contribution in [2.24, 2.45) is 10.2 Å². The minimum atomic E-state index is -0.536. The molecule has 0 aliphatic carbocycles. The summed E-state index contributed by atoms with van der Waals surface area (Å²) in [6, 6.07) is 49.3. The monoisotopic (exact) mass is 1450 g/mol. The molecule has 20 nitrogen and oxygen atoms in total. The van der Waals surface area contributed by atoms with Gasteiger partial charge in [-0.3, -0.25) is 5.26 Å². The van der Waals surface area contributed by atoms with Gasteiger partial charge in [-0.25, -0.2) is 39.3 Å². The van der Waals surface area contributed by atoms with Crippen molar-refractivity contribution in [1.29, 1.82) is 0 Å². The molecule has 0 saturated heterocycles. The van der Waals surface area contributed by atoms with Crippen LogP contribution >= 0.6 is 22.7 Å². The van der Waals surface area contributed by atoms with Crippen LogP contribution in [-0.2, 0) is 46.9 Å². The Hall–Kier alpha value is -9.81. The van der Waals surface area contributed by atoms with Crippen molar-refractivity contribution in [3.63, 3.8) is 0 Å². The Labute approximate surface area is 618 Å². The summed E-state index contributed by atoms with van der Waals surface area (Å²) in [5.41, 5.74) is 7.26. The van der Waals surface area contributed by atoms with Gasteiger partial charge >= 0.3 is 17.9 Å². The first kappa shape index (κ1) is 79.9. The highest BCUT2D eigenvalue weighted by molar-refractivity contribution is 7.22. The molecule has 9 aromatic rings. The van der Waals surface area contributed by atoms with Gasteiger partial charge in [-0.1, -0.05) is 160 Å². The molecule has 0 amide bonds. The minimum Gasteiger partial charge on any atom is -0.494 e. The van der Waals surface area contributed by atoms with E-state index in [4.69, 9.17) is 63.4 Å². The van der Waals surface area contributed by atoms with Crippen molar-refractivity contribution in [2.45, 2.75) is 150 Å². The number of esters is 3. The number of thiazole rings is 2. The molecular weight excluding hydrogens is 1360 g/mol. The molecule has 0 bridgehead atoms. The number of anilines is 2. The van der Waals surface area contributed by atoms with Crippen LogP contribution in [0.1, 0.15) is 173 Å². The highest BCUT2D eigenvalue weighted by atomic mass is 32.1. The summed E-state index contributed by atoms with van der Waals surface area (Å²) in [6.07, 6.45) is 21.2. The van der Waals surface area contributed by atoms with Crippen LogP contribution in [0, 0.1) is 6.92 Å². The quantitative estimate of drug-likeness (QED) is 0.00713. The van der Waals surface area contributed by atoms with Crippen LogP contribution in [-0.4, -0.2) is 85.1 Å². The van der Waals surface area contributed by atoms with Gasteiger partial charge < -0.3 is 33.5 Å². The predicted octanol–water partition coefficient (Wildman–Crippen LogP) is 19.9. The fourth-order valence-electron chi connectivity index (χ4n) is 10.3. The molecule has 0 radical (unpaired) electrons. The Morgan fingerprint density at radius 2 is 0.981 bits per heavy atom. The molecule has 22 heteroatoms. The third-order valence-corrected chi connectivity index (χ3v) is 18.4. The average molecular weight is 1450 g/mol. The van der Waals surface area contributed by atoms with Crippen molar-refractivity contribution < 1.29 is 67.8 Å². The Bertz CT molecular complexity index is 4060. The number of benzene rings is 7. The molecule has 2 heterocycles. The van der Waals surface area contributed by atoms with Crippen LogP contribution in [0.5, 0.6) is 28.7 Å². The van der Waals surface area contributed by atoms with Gasteiger partial charge in [0, 0.05) is 36.4 Å². The zero-order chi connectivity index (χ0) is 73.4. The number of carbonyl (C=O) groups is 3. The molecular formula is C82H96N6O14S2. The van der Waals surface area contributed by atoms with E-state index in [9.17, 15) is 19.6 Å². The number of unbranched alkanes of at least 4 members (excludes halogenated alkanes) is 12. The minimum absolute atomic E-state index is 0.223. The fraction of sp³-hybridized carbons (Fsp3) is 0.354. The fourth-order valence-corrected chi connectivity index (χ4v) is 12.2. The average Bonchev–Trinajstić information content (AvgIpc) is 1.56. The second-order valence-corrected chi connectivity index (χ2v) is 26.6. The van der Waals surface area contributed by atoms with Gasteiger partial charge in [-0.2, -0.15) is 20.0 Å². The van der Waals surface area contributed by atoms with E-state index < -0.39 is 18.0 Å². The second-order valence-electron chi connectivity index (χ2n) is 24.5. The Morgan fingerprint density at radius 3 is 1.49 bits per heavy atom. The van der Waals surface area contributed by atoms with Gasteiger partial charge in [0.25, 0.3) is 0 Å². The third-order valence-electron chi connectivity index (χ3n) is 16.3. The van der Waals surface area contributed by atoms with Gasteiger partial charge in [0.15, 0.2) is 11.5 Å². The number of carbonyl (C=O) groups excluding carboxylic acids is 3. The van der Waals surface area contributed by atoms with Crippen molar-refractivity contribution in [3.05, 3.63) is 222 Å². The Kier molecular flexibility index (Phi) is 34.8. The van der Waals surface area contributed by atoms with E-state index in [-0.39, 0.29) is 19.2 Å². The smallest absolute Gasteiger partial charge is 0.343 e. The van der Waals surface area contributed by atoms with Gasteiger partial charge in [0.2, 0.25) is 10.3 Å². The lowest BCUT2D eigenvalue weighted by molar-refractivity contribution is -0.277. The first-order valence-electron chi connectivity index (χ1n) is 35.7. The summed E-state index contributed by atoms with van der Waals surface area (Å²) in [4.78, 5) is 72.6. The van der Waals surface area contributed by atoms with Crippen molar-refractivity contribution in [3.8, 4) is 28.7 Å². The molecule has 2 aromatic heterocycles.